The largest absolute Gasteiger partial charge is 0.303 e. The van der Waals surface area contributed by atoms with Crippen molar-refractivity contribution >= 4 is 5.57 Å². The van der Waals surface area contributed by atoms with Crippen LogP contribution < -0.4 is 0 Å². The number of nitrogens with zero attached hydrogens (tertiary/aromatic N) is 1. The highest BCUT2D eigenvalue weighted by Crippen LogP contribution is 2.36. The molecule has 0 N–H and O–H groups in total. The number of hydrogen-bond acceptors (Lipinski definition) is 1. The summed E-state index contributed by atoms with van der Waals surface area (Å²) in [4.78, 5) is 2.63. The molecule has 130 valence electrons. The number of rotatable bonds is 4. The van der Waals surface area contributed by atoms with Crippen LogP contribution in [0.1, 0.15) is 43.2 Å². The second-order valence-electron chi connectivity index (χ2n) is 7.28. The van der Waals surface area contributed by atoms with Crippen LogP contribution >= 0.6 is 0 Å². The Balaban J connectivity index is 1.50. The van der Waals surface area contributed by atoms with Crippen LogP contribution in [-0.4, -0.2) is 24.5 Å². The average Bonchev–Trinajstić information content (AvgIpc) is 2.87. The molecule has 0 amide bonds. The van der Waals surface area contributed by atoms with Crippen molar-refractivity contribution in [1.82, 2.24) is 4.90 Å². The number of halogens is 1. The average molecular weight is 335 g/mol. The minimum atomic E-state index is -0.174. The van der Waals surface area contributed by atoms with Crippen LogP contribution in [0.4, 0.5) is 4.39 Å². The Morgan fingerprint density at radius 1 is 0.840 bits per heavy atom. The first-order valence-corrected chi connectivity index (χ1v) is 9.61. The fourth-order valence-electron chi connectivity index (χ4n) is 4.22. The zero-order valence-electron chi connectivity index (χ0n) is 14.8. The zero-order chi connectivity index (χ0) is 17.1. The van der Waals surface area contributed by atoms with Crippen molar-refractivity contribution in [2.24, 2.45) is 0 Å². The van der Waals surface area contributed by atoms with Crippen molar-refractivity contribution in [3.63, 3.8) is 0 Å². The summed E-state index contributed by atoms with van der Waals surface area (Å²) in [7, 11) is 0. The van der Waals surface area contributed by atoms with Crippen molar-refractivity contribution in [3.8, 4) is 11.1 Å². The smallest absolute Gasteiger partial charge is 0.123 e. The molecule has 0 unspecified atom stereocenters. The maximum atomic E-state index is 13.2. The molecule has 1 aliphatic carbocycles. The maximum absolute atomic E-state index is 13.2. The van der Waals surface area contributed by atoms with Crippen molar-refractivity contribution in [3.05, 3.63) is 65.5 Å². The van der Waals surface area contributed by atoms with Crippen LogP contribution in [0.2, 0.25) is 0 Å². The summed E-state index contributed by atoms with van der Waals surface area (Å²) in [6.45, 7) is 3.69. The van der Waals surface area contributed by atoms with E-state index in [1.54, 1.807) is 12.1 Å². The van der Waals surface area contributed by atoms with Gasteiger partial charge in [0.25, 0.3) is 0 Å². The highest BCUT2D eigenvalue weighted by Gasteiger charge is 2.19. The van der Waals surface area contributed by atoms with Crippen LogP contribution in [0.5, 0.6) is 0 Å². The topological polar surface area (TPSA) is 3.24 Å². The van der Waals surface area contributed by atoms with Gasteiger partial charge in [-0.25, -0.2) is 4.39 Å². The molecule has 0 saturated carbocycles. The lowest BCUT2D eigenvalue weighted by Crippen LogP contribution is -2.25. The monoisotopic (exact) mass is 335 g/mol. The normalized spacial score (nSPS) is 17.9. The predicted octanol–water partition coefficient (Wildman–Crippen LogP) is 5.70. The summed E-state index contributed by atoms with van der Waals surface area (Å²) in [5, 5.41) is 0. The van der Waals surface area contributed by atoms with Gasteiger partial charge in [-0.1, -0.05) is 49.2 Å². The van der Waals surface area contributed by atoms with Gasteiger partial charge in [0.15, 0.2) is 0 Å². The highest BCUT2D eigenvalue weighted by atomic mass is 19.1. The molecular weight excluding hydrogens is 309 g/mol. The van der Waals surface area contributed by atoms with Gasteiger partial charge in [-0.15, -0.1) is 0 Å². The van der Waals surface area contributed by atoms with Crippen molar-refractivity contribution in [1.29, 1.82) is 0 Å². The Hall–Kier alpha value is -1.93. The number of allylic oxidation sites excluding steroid dienone is 1. The van der Waals surface area contributed by atoms with Crippen LogP contribution in [0, 0.1) is 5.82 Å². The third-order valence-electron chi connectivity index (χ3n) is 5.63. The van der Waals surface area contributed by atoms with Crippen molar-refractivity contribution < 1.29 is 4.39 Å². The third-order valence-corrected chi connectivity index (χ3v) is 5.63. The molecule has 0 atom stereocenters. The third kappa shape index (κ3) is 3.69. The van der Waals surface area contributed by atoms with Gasteiger partial charge in [0.05, 0.1) is 0 Å². The van der Waals surface area contributed by atoms with Crippen molar-refractivity contribution in [2.45, 2.75) is 38.5 Å². The van der Waals surface area contributed by atoms with E-state index in [9.17, 15) is 4.39 Å². The van der Waals surface area contributed by atoms with E-state index in [1.165, 1.54) is 67.6 Å². The lowest BCUT2D eigenvalue weighted by molar-refractivity contribution is 0.292. The van der Waals surface area contributed by atoms with Crippen LogP contribution in [0.25, 0.3) is 16.7 Å². The van der Waals surface area contributed by atoms with Gasteiger partial charge < -0.3 is 4.90 Å². The summed E-state index contributed by atoms with van der Waals surface area (Å²) in [6.07, 6.45) is 10.0. The lowest BCUT2D eigenvalue weighted by Gasteiger charge is -2.20. The maximum Gasteiger partial charge on any atom is 0.123 e. The second kappa shape index (κ2) is 7.53. The summed E-state index contributed by atoms with van der Waals surface area (Å²) in [5.74, 6) is -0.174. The number of hydrogen-bond donors (Lipinski definition) is 0. The predicted molar refractivity (Wildman–Crippen MR) is 103 cm³/mol. The standard InChI is InChI=1S/C23H26FN/c24-20-11-8-18(9-12-20)21-6-5-7-22-19(10-13-23(21)22)14-17-25-15-3-1-2-4-16-25/h5-12H,1-4,13-17H2. The molecule has 1 heterocycles. The lowest BCUT2D eigenvalue weighted by atomic mass is 9.94. The van der Waals surface area contributed by atoms with Crippen LogP contribution in [-0.2, 0) is 6.42 Å². The van der Waals surface area contributed by atoms with Gasteiger partial charge in [0.1, 0.15) is 5.82 Å². The van der Waals surface area contributed by atoms with E-state index >= 15 is 0 Å². The first kappa shape index (κ1) is 16.5. The highest BCUT2D eigenvalue weighted by molar-refractivity contribution is 5.81. The molecule has 0 aromatic heterocycles. The second-order valence-corrected chi connectivity index (χ2v) is 7.28. The molecular formula is C23H26FN. The van der Waals surface area contributed by atoms with Crippen LogP contribution in [0.3, 0.4) is 0 Å². The Bertz CT molecular complexity index is 752. The molecule has 4 rings (SSSR count). The summed E-state index contributed by atoms with van der Waals surface area (Å²) in [5.41, 5.74) is 6.65. The Kier molecular flexibility index (Phi) is 4.98. The first-order valence-electron chi connectivity index (χ1n) is 9.61. The number of benzene rings is 2. The van der Waals surface area contributed by atoms with Gasteiger partial charge in [-0.3, -0.25) is 0 Å². The van der Waals surface area contributed by atoms with E-state index in [4.69, 9.17) is 0 Å². The molecule has 1 aliphatic heterocycles. The molecule has 0 spiro atoms. The van der Waals surface area contributed by atoms with Gasteiger partial charge in [0, 0.05) is 6.54 Å². The molecule has 2 aromatic carbocycles. The van der Waals surface area contributed by atoms with E-state index in [1.807, 2.05) is 12.1 Å². The molecule has 25 heavy (non-hydrogen) atoms. The molecule has 1 nitrogen and oxygen atoms in total. The van der Waals surface area contributed by atoms with E-state index in [0.717, 1.165) is 18.4 Å². The number of likely N-dealkylation sites (tertiary alicyclic amines) is 1. The Labute approximate surface area is 150 Å². The SMILES string of the molecule is Fc1ccc(-c2cccc3c2CC=C3CCN2CCCCCC2)cc1. The van der Waals surface area contributed by atoms with Gasteiger partial charge >= 0.3 is 0 Å². The Morgan fingerprint density at radius 2 is 1.56 bits per heavy atom. The molecule has 2 aromatic rings. The Morgan fingerprint density at radius 3 is 2.32 bits per heavy atom. The van der Waals surface area contributed by atoms with E-state index in [0.29, 0.717) is 0 Å². The van der Waals surface area contributed by atoms with Crippen LogP contribution in [0.15, 0.2) is 48.5 Å². The minimum Gasteiger partial charge on any atom is -0.303 e. The summed E-state index contributed by atoms with van der Waals surface area (Å²) >= 11 is 0. The molecule has 0 radical (unpaired) electrons. The van der Waals surface area contributed by atoms with Gasteiger partial charge in [0.2, 0.25) is 0 Å². The fraction of sp³-hybridized carbons (Fsp3) is 0.391. The van der Waals surface area contributed by atoms with E-state index < -0.39 is 0 Å². The fourth-order valence-corrected chi connectivity index (χ4v) is 4.22. The molecule has 0 bridgehead atoms. The van der Waals surface area contributed by atoms with E-state index in [2.05, 4.69) is 29.2 Å². The first-order chi connectivity index (χ1) is 12.3. The van der Waals surface area contributed by atoms with E-state index in [-0.39, 0.29) is 5.82 Å². The molecule has 1 fully saturated rings. The summed E-state index contributed by atoms with van der Waals surface area (Å²) < 4.78 is 13.2. The number of fused-ring (bicyclic) bond motifs is 1. The van der Waals surface area contributed by atoms with Gasteiger partial charge in [-0.2, -0.15) is 0 Å². The minimum absolute atomic E-state index is 0.174. The molecule has 2 aliphatic rings. The quantitative estimate of drug-likeness (QED) is 0.693. The van der Waals surface area contributed by atoms with Crippen molar-refractivity contribution in [2.75, 3.05) is 19.6 Å². The molecule has 2 heteroatoms. The summed E-state index contributed by atoms with van der Waals surface area (Å²) in [6, 6.07) is 13.4. The zero-order valence-corrected chi connectivity index (χ0v) is 14.8. The van der Waals surface area contributed by atoms with Gasteiger partial charge in [-0.05, 0) is 78.7 Å². The molecule has 1 saturated heterocycles.